The molecular weight excluding hydrogens is 288 g/mol. The van der Waals surface area contributed by atoms with Gasteiger partial charge in [-0.3, -0.25) is 10.2 Å². The van der Waals surface area contributed by atoms with Crippen molar-refractivity contribution in [2.75, 3.05) is 18.3 Å². The van der Waals surface area contributed by atoms with Gasteiger partial charge in [-0.15, -0.1) is 10.2 Å². The third-order valence-corrected chi connectivity index (χ3v) is 3.75. The number of aryl methyl sites for hydroxylation is 2. The van der Waals surface area contributed by atoms with Gasteiger partial charge < -0.3 is 4.74 Å². The van der Waals surface area contributed by atoms with Gasteiger partial charge in [0, 0.05) is 0 Å². The van der Waals surface area contributed by atoms with E-state index in [2.05, 4.69) is 15.6 Å². The van der Waals surface area contributed by atoms with E-state index in [0.29, 0.717) is 22.3 Å². The zero-order valence-electron chi connectivity index (χ0n) is 12.5. The van der Waals surface area contributed by atoms with Gasteiger partial charge in [0.05, 0.1) is 12.7 Å². The van der Waals surface area contributed by atoms with E-state index in [1.165, 1.54) is 11.8 Å². The third-order valence-electron chi connectivity index (χ3n) is 2.94. The lowest BCUT2D eigenvalue weighted by Crippen LogP contribution is -2.25. The van der Waals surface area contributed by atoms with Crippen LogP contribution in [0.3, 0.4) is 0 Å². The number of amides is 1. The molecule has 0 saturated heterocycles. The second-order valence-corrected chi connectivity index (χ2v) is 5.63. The van der Waals surface area contributed by atoms with Gasteiger partial charge in [-0.2, -0.15) is 0 Å². The number of para-hydroxylation sites is 1. The van der Waals surface area contributed by atoms with E-state index < -0.39 is 0 Å². The van der Waals surface area contributed by atoms with Crippen molar-refractivity contribution in [2.45, 2.75) is 25.9 Å². The van der Waals surface area contributed by atoms with Gasteiger partial charge in [-0.1, -0.05) is 30.8 Å². The molecular formula is C14H18N4O2S. The summed E-state index contributed by atoms with van der Waals surface area (Å²) in [6.45, 7) is 5.71. The minimum atomic E-state index is -0.253. The summed E-state index contributed by atoms with van der Waals surface area (Å²) in [4.78, 5) is 12.5. The van der Waals surface area contributed by atoms with Crippen molar-refractivity contribution < 1.29 is 9.53 Å². The highest BCUT2D eigenvalue weighted by atomic mass is 32.2. The van der Waals surface area contributed by atoms with Gasteiger partial charge in [-0.05, 0) is 31.2 Å². The van der Waals surface area contributed by atoms with Crippen LogP contribution in [0.5, 0.6) is 5.75 Å². The Balaban J connectivity index is 2.31. The van der Waals surface area contributed by atoms with Crippen molar-refractivity contribution in [1.29, 1.82) is 0 Å². The number of thioether (sulfide) groups is 1. The topological polar surface area (TPSA) is 69.0 Å². The van der Waals surface area contributed by atoms with Crippen molar-refractivity contribution in [3.8, 4) is 5.75 Å². The van der Waals surface area contributed by atoms with Gasteiger partial charge in [0.1, 0.15) is 11.6 Å². The Bertz CT molecular complexity index is 654. The number of carbonyl (C=O) groups excluding carboxylic acids is 1. The predicted molar refractivity (Wildman–Crippen MR) is 82.6 cm³/mol. The summed E-state index contributed by atoms with van der Waals surface area (Å²) < 4.78 is 6.91. The number of hydrogen-bond acceptors (Lipinski definition) is 5. The Morgan fingerprint density at radius 3 is 2.81 bits per heavy atom. The molecule has 1 aromatic heterocycles. The summed E-state index contributed by atoms with van der Waals surface area (Å²) in [6, 6.07) is 5.46. The summed E-state index contributed by atoms with van der Waals surface area (Å²) in [7, 11) is 1.56. The number of benzene rings is 1. The smallest absolute Gasteiger partial charge is 0.273 e. The first-order valence-electron chi connectivity index (χ1n) is 6.58. The molecule has 0 aliphatic rings. The Kier molecular flexibility index (Phi) is 4.85. The highest BCUT2D eigenvalue weighted by Gasteiger charge is 2.17. The molecule has 6 nitrogen and oxygen atoms in total. The first-order valence-corrected chi connectivity index (χ1v) is 7.56. The monoisotopic (exact) mass is 306 g/mol. The van der Waals surface area contributed by atoms with Crippen molar-refractivity contribution in [2.24, 2.45) is 0 Å². The van der Waals surface area contributed by atoms with Crippen LogP contribution in [0, 0.1) is 13.8 Å². The van der Waals surface area contributed by atoms with Crippen LogP contribution in [0.2, 0.25) is 0 Å². The molecule has 0 atom stereocenters. The van der Waals surface area contributed by atoms with Gasteiger partial charge in [0.25, 0.3) is 5.91 Å². The molecule has 21 heavy (non-hydrogen) atoms. The maximum absolute atomic E-state index is 12.5. The normalized spacial score (nSPS) is 10.5. The molecule has 0 fully saturated rings. The molecule has 0 aliphatic heterocycles. The fourth-order valence-corrected chi connectivity index (χ4v) is 2.62. The minimum absolute atomic E-state index is 0.253. The van der Waals surface area contributed by atoms with Gasteiger partial charge >= 0.3 is 0 Å². The van der Waals surface area contributed by atoms with Crippen molar-refractivity contribution in [3.63, 3.8) is 0 Å². The number of ether oxygens (including phenoxy) is 1. The summed E-state index contributed by atoms with van der Waals surface area (Å²) in [5.74, 6) is 1.80. The SMILES string of the molecule is CCSc1nnc(C)n1NC(=O)c1cccc(C)c1OC. The van der Waals surface area contributed by atoms with Gasteiger partial charge in [-0.25, -0.2) is 4.68 Å². The van der Waals surface area contributed by atoms with Crippen molar-refractivity contribution >= 4 is 17.7 Å². The molecule has 1 amide bonds. The summed E-state index contributed by atoms with van der Waals surface area (Å²) >= 11 is 1.52. The van der Waals surface area contributed by atoms with Gasteiger partial charge in [0.15, 0.2) is 0 Å². The van der Waals surface area contributed by atoms with Crippen LogP contribution >= 0.6 is 11.8 Å². The lowest BCUT2D eigenvalue weighted by atomic mass is 10.1. The summed E-state index contributed by atoms with van der Waals surface area (Å²) in [6.07, 6.45) is 0. The van der Waals surface area contributed by atoms with E-state index in [4.69, 9.17) is 4.74 Å². The van der Waals surface area contributed by atoms with Gasteiger partial charge in [0.2, 0.25) is 5.16 Å². The lowest BCUT2D eigenvalue weighted by molar-refractivity contribution is 0.100. The van der Waals surface area contributed by atoms with E-state index in [-0.39, 0.29) is 5.91 Å². The number of aromatic nitrogens is 3. The number of nitrogens with one attached hydrogen (secondary N) is 1. The lowest BCUT2D eigenvalue weighted by Gasteiger charge is -2.13. The highest BCUT2D eigenvalue weighted by Crippen LogP contribution is 2.23. The third kappa shape index (κ3) is 3.18. The standard InChI is InChI=1S/C14H18N4O2S/c1-5-21-14-16-15-10(3)18(14)17-13(19)11-8-6-7-9(2)12(11)20-4/h6-8H,5H2,1-4H3,(H,17,19). The molecule has 0 saturated carbocycles. The Labute approximate surface area is 127 Å². The number of carbonyl (C=O) groups is 1. The number of rotatable bonds is 5. The van der Waals surface area contributed by atoms with Crippen LogP contribution < -0.4 is 10.2 Å². The average molecular weight is 306 g/mol. The maximum atomic E-state index is 12.5. The van der Waals surface area contributed by atoms with E-state index in [1.807, 2.05) is 26.0 Å². The van der Waals surface area contributed by atoms with E-state index in [1.54, 1.807) is 24.8 Å². The molecule has 0 bridgehead atoms. The first kappa shape index (κ1) is 15.4. The fourth-order valence-electron chi connectivity index (χ4n) is 1.96. The second kappa shape index (κ2) is 6.62. The van der Waals surface area contributed by atoms with E-state index in [9.17, 15) is 4.79 Å². The Hall–Kier alpha value is -2.02. The summed E-state index contributed by atoms with van der Waals surface area (Å²) in [5, 5.41) is 8.69. The quantitative estimate of drug-likeness (QED) is 0.859. The van der Waals surface area contributed by atoms with Crippen molar-refractivity contribution in [3.05, 3.63) is 35.2 Å². The second-order valence-electron chi connectivity index (χ2n) is 4.39. The number of methoxy groups -OCH3 is 1. The molecule has 0 spiro atoms. The Morgan fingerprint density at radius 1 is 1.38 bits per heavy atom. The minimum Gasteiger partial charge on any atom is -0.496 e. The van der Waals surface area contributed by atoms with Crippen LogP contribution in [-0.2, 0) is 0 Å². The molecule has 2 aromatic rings. The molecule has 7 heteroatoms. The van der Waals surface area contributed by atoms with Crippen LogP contribution in [0.25, 0.3) is 0 Å². The maximum Gasteiger partial charge on any atom is 0.273 e. The zero-order chi connectivity index (χ0) is 15.4. The number of hydrogen-bond donors (Lipinski definition) is 1. The first-order chi connectivity index (χ1) is 10.1. The zero-order valence-corrected chi connectivity index (χ0v) is 13.3. The molecule has 1 aromatic carbocycles. The molecule has 0 radical (unpaired) electrons. The van der Waals surface area contributed by atoms with E-state index >= 15 is 0 Å². The number of nitrogens with zero attached hydrogens (tertiary/aromatic N) is 3. The summed E-state index contributed by atoms with van der Waals surface area (Å²) in [5.41, 5.74) is 4.21. The molecule has 1 heterocycles. The molecule has 0 aliphatic carbocycles. The fraction of sp³-hybridized carbons (Fsp3) is 0.357. The van der Waals surface area contributed by atoms with Crippen LogP contribution in [-0.4, -0.2) is 33.6 Å². The molecule has 112 valence electrons. The van der Waals surface area contributed by atoms with Crippen LogP contribution in [0.4, 0.5) is 0 Å². The van der Waals surface area contributed by atoms with Crippen LogP contribution in [0.15, 0.2) is 23.4 Å². The van der Waals surface area contributed by atoms with E-state index in [0.717, 1.165) is 11.3 Å². The van der Waals surface area contributed by atoms with Crippen LogP contribution in [0.1, 0.15) is 28.7 Å². The highest BCUT2D eigenvalue weighted by molar-refractivity contribution is 7.99. The predicted octanol–water partition coefficient (Wildman–Crippen LogP) is 2.40. The largest absolute Gasteiger partial charge is 0.496 e. The van der Waals surface area contributed by atoms with Crippen molar-refractivity contribution in [1.82, 2.24) is 14.9 Å². The average Bonchev–Trinajstić information content (AvgIpc) is 2.80. The molecule has 2 rings (SSSR count). The Morgan fingerprint density at radius 2 is 2.14 bits per heavy atom. The molecule has 0 unspecified atom stereocenters. The molecule has 1 N–H and O–H groups in total.